The van der Waals surface area contributed by atoms with Gasteiger partial charge in [-0.15, -0.1) is 0 Å². The Morgan fingerprint density at radius 2 is 1.85 bits per heavy atom. The van der Waals surface area contributed by atoms with Crippen LogP contribution in [0.1, 0.15) is 37.0 Å². The molecule has 0 fully saturated rings. The van der Waals surface area contributed by atoms with E-state index in [4.69, 9.17) is 4.74 Å². The Morgan fingerprint density at radius 1 is 1.07 bits per heavy atom. The number of hydrazone groups is 1. The van der Waals surface area contributed by atoms with Crippen molar-refractivity contribution < 1.29 is 14.3 Å². The molecular weight excluding hydrogens is 342 g/mol. The van der Waals surface area contributed by atoms with Gasteiger partial charge in [0.15, 0.2) is 0 Å². The van der Waals surface area contributed by atoms with Crippen LogP contribution in [-0.4, -0.2) is 24.1 Å². The molecule has 0 unspecified atom stereocenters. The number of aryl methyl sites for hydroxylation is 2. The van der Waals surface area contributed by atoms with Gasteiger partial charge in [-0.2, -0.15) is 5.10 Å². The van der Waals surface area contributed by atoms with Gasteiger partial charge in [0.05, 0.1) is 12.3 Å². The van der Waals surface area contributed by atoms with Crippen molar-refractivity contribution in [3.63, 3.8) is 0 Å². The molecule has 0 atom stereocenters. The first-order valence-electron chi connectivity index (χ1n) is 8.79. The topological polar surface area (TPSA) is 79.8 Å². The summed E-state index contributed by atoms with van der Waals surface area (Å²) >= 11 is 0. The molecular formula is C21H25N3O3. The van der Waals surface area contributed by atoms with Crippen LogP contribution in [0.5, 0.6) is 5.75 Å². The van der Waals surface area contributed by atoms with Crippen molar-refractivity contribution in [3.05, 3.63) is 59.2 Å². The average molecular weight is 367 g/mol. The maximum Gasteiger partial charge on any atom is 0.249 e. The highest BCUT2D eigenvalue weighted by Crippen LogP contribution is 2.15. The molecule has 142 valence electrons. The molecule has 2 aromatic carbocycles. The Bertz CT molecular complexity index is 844. The van der Waals surface area contributed by atoms with Gasteiger partial charge in [0.1, 0.15) is 12.2 Å². The SMILES string of the molecule is Cc1ccc(NC(=O)CC(=O)NN=Cc2cccc(OC(C)C)c2)cc1C. The van der Waals surface area contributed by atoms with Crippen molar-refractivity contribution >= 4 is 23.7 Å². The third-order valence-electron chi connectivity index (χ3n) is 3.74. The van der Waals surface area contributed by atoms with Crippen molar-refractivity contribution in [3.8, 4) is 5.75 Å². The van der Waals surface area contributed by atoms with E-state index in [0.717, 1.165) is 22.4 Å². The lowest BCUT2D eigenvalue weighted by Crippen LogP contribution is -2.24. The van der Waals surface area contributed by atoms with Gasteiger partial charge in [-0.05, 0) is 68.7 Å². The number of hydrogen-bond donors (Lipinski definition) is 2. The Kier molecular flexibility index (Phi) is 7.11. The molecule has 0 radical (unpaired) electrons. The van der Waals surface area contributed by atoms with Gasteiger partial charge < -0.3 is 10.1 Å². The van der Waals surface area contributed by atoms with E-state index in [9.17, 15) is 9.59 Å². The van der Waals surface area contributed by atoms with E-state index >= 15 is 0 Å². The Hall–Kier alpha value is -3.15. The summed E-state index contributed by atoms with van der Waals surface area (Å²) in [5, 5.41) is 6.59. The molecule has 2 rings (SSSR count). The molecule has 0 bridgehead atoms. The first-order valence-corrected chi connectivity index (χ1v) is 8.79. The van der Waals surface area contributed by atoms with Gasteiger partial charge >= 0.3 is 0 Å². The Labute approximate surface area is 159 Å². The first-order chi connectivity index (χ1) is 12.8. The van der Waals surface area contributed by atoms with Gasteiger partial charge in [0.2, 0.25) is 11.8 Å². The number of anilines is 1. The molecule has 2 N–H and O–H groups in total. The number of amides is 2. The number of rotatable bonds is 7. The van der Waals surface area contributed by atoms with Crippen molar-refractivity contribution in [2.45, 2.75) is 40.2 Å². The van der Waals surface area contributed by atoms with Crippen LogP contribution in [-0.2, 0) is 9.59 Å². The molecule has 6 heteroatoms. The Balaban J connectivity index is 1.83. The van der Waals surface area contributed by atoms with Crippen LogP contribution in [0.15, 0.2) is 47.6 Å². The molecule has 2 amide bonds. The second-order valence-electron chi connectivity index (χ2n) is 6.56. The molecule has 0 aliphatic carbocycles. The maximum absolute atomic E-state index is 12.0. The molecule has 0 saturated heterocycles. The van der Waals surface area contributed by atoms with Gasteiger partial charge in [0, 0.05) is 5.69 Å². The lowest BCUT2D eigenvalue weighted by Gasteiger charge is -2.09. The quantitative estimate of drug-likeness (QED) is 0.446. The number of benzene rings is 2. The highest BCUT2D eigenvalue weighted by Gasteiger charge is 2.09. The van der Waals surface area contributed by atoms with Gasteiger partial charge in [0.25, 0.3) is 0 Å². The van der Waals surface area contributed by atoms with Crippen LogP contribution in [0.3, 0.4) is 0 Å². The summed E-state index contributed by atoms with van der Waals surface area (Å²) in [6.45, 7) is 7.86. The van der Waals surface area contributed by atoms with Crippen LogP contribution >= 0.6 is 0 Å². The summed E-state index contributed by atoms with van der Waals surface area (Å²) in [6.07, 6.45) is 1.28. The molecule has 0 spiro atoms. The molecule has 2 aromatic rings. The molecule has 6 nitrogen and oxygen atoms in total. The predicted octanol–water partition coefficient (Wildman–Crippen LogP) is 3.57. The van der Waals surface area contributed by atoms with Gasteiger partial charge in [-0.3, -0.25) is 9.59 Å². The van der Waals surface area contributed by atoms with Crippen molar-refractivity contribution in [1.82, 2.24) is 5.43 Å². The summed E-state index contributed by atoms with van der Waals surface area (Å²) in [6, 6.07) is 13.0. The fourth-order valence-electron chi connectivity index (χ4n) is 2.33. The third-order valence-corrected chi connectivity index (χ3v) is 3.74. The number of carbonyl (C=O) groups is 2. The first kappa shape index (κ1) is 20.2. The number of hydrogen-bond acceptors (Lipinski definition) is 4. The van der Waals surface area contributed by atoms with Crippen molar-refractivity contribution in [1.29, 1.82) is 0 Å². The molecule has 0 aromatic heterocycles. The highest BCUT2D eigenvalue weighted by molar-refractivity contribution is 6.03. The fourth-order valence-corrected chi connectivity index (χ4v) is 2.33. The lowest BCUT2D eigenvalue weighted by molar-refractivity contribution is -0.126. The minimum atomic E-state index is -0.484. The second kappa shape index (κ2) is 9.52. The van der Waals surface area contributed by atoms with E-state index in [0.29, 0.717) is 5.69 Å². The Morgan fingerprint density at radius 3 is 2.56 bits per heavy atom. The summed E-state index contributed by atoms with van der Waals surface area (Å²) in [5.41, 5.74) is 6.03. The smallest absolute Gasteiger partial charge is 0.249 e. The largest absolute Gasteiger partial charge is 0.491 e. The van der Waals surface area contributed by atoms with E-state index in [1.165, 1.54) is 6.21 Å². The molecule has 0 heterocycles. The maximum atomic E-state index is 12.0. The zero-order chi connectivity index (χ0) is 19.8. The number of nitrogens with zero attached hydrogens (tertiary/aromatic N) is 1. The molecule has 27 heavy (non-hydrogen) atoms. The van der Waals surface area contributed by atoms with Crippen molar-refractivity contribution in [2.75, 3.05) is 5.32 Å². The third kappa shape index (κ3) is 6.93. The predicted molar refractivity (Wildman–Crippen MR) is 107 cm³/mol. The number of nitrogens with one attached hydrogen (secondary N) is 2. The zero-order valence-corrected chi connectivity index (χ0v) is 16.1. The van der Waals surface area contributed by atoms with Crippen LogP contribution in [0.25, 0.3) is 0 Å². The summed E-state index contributed by atoms with van der Waals surface area (Å²) < 4.78 is 5.61. The van der Waals surface area contributed by atoms with Gasteiger partial charge in [-0.25, -0.2) is 5.43 Å². The lowest BCUT2D eigenvalue weighted by atomic mass is 10.1. The standard InChI is InChI=1S/C21H25N3O3/c1-14(2)27-19-7-5-6-17(11-19)13-22-24-21(26)12-20(25)23-18-9-8-15(3)16(4)10-18/h5-11,13-14H,12H2,1-4H3,(H,23,25)(H,24,26). The van der Waals surface area contributed by atoms with Crippen molar-refractivity contribution in [2.24, 2.45) is 5.10 Å². The van der Waals surface area contributed by atoms with Crippen LogP contribution < -0.4 is 15.5 Å². The average Bonchev–Trinajstić information content (AvgIpc) is 2.58. The van der Waals surface area contributed by atoms with Crippen LogP contribution in [0, 0.1) is 13.8 Å². The molecule has 0 aliphatic rings. The van der Waals surface area contributed by atoms with Crippen LogP contribution in [0.2, 0.25) is 0 Å². The summed E-state index contributed by atoms with van der Waals surface area (Å²) in [5.74, 6) is -0.145. The van der Waals surface area contributed by atoms with E-state index in [2.05, 4.69) is 15.8 Å². The fraction of sp³-hybridized carbons (Fsp3) is 0.286. The molecule has 0 saturated carbocycles. The summed E-state index contributed by atoms with van der Waals surface area (Å²) in [7, 11) is 0. The van der Waals surface area contributed by atoms with E-state index in [1.807, 2.05) is 70.2 Å². The van der Waals surface area contributed by atoms with Gasteiger partial charge in [-0.1, -0.05) is 18.2 Å². The van der Waals surface area contributed by atoms with E-state index in [-0.39, 0.29) is 12.5 Å². The second-order valence-corrected chi connectivity index (χ2v) is 6.56. The van der Waals surface area contributed by atoms with E-state index in [1.54, 1.807) is 0 Å². The minimum absolute atomic E-state index is 0.0766. The normalized spacial score (nSPS) is 10.9. The zero-order valence-electron chi connectivity index (χ0n) is 16.1. The number of carbonyl (C=O) groups excluding carboxylic acids is 2. The molecule has 0 aliphatic heterocycles. The monoisotopic (exact) mass is 367 g/mol. The summed E-state index contributed by atoms with van der Waals surface area (Å²) in [4.78, 5) is 23.8. The van der Waals surface area contributed by atoms with Crippen LogP contribution in [0.4, 0.5) is 5.69 Å². The minimum Gasteiger partial charge on any atom is -0.491 e. The number of ether oxygens (including phenoxy) is 1. The van der Waals surface area contributed by atoms with E-state index < -0.39 is 11.8 Å². The highest BCUT2D eigenvalue weighted by atomic mass is 16.5.